The maximum atomic E-state index is 12.0. The van der Waals surface area contributed by atoms with Gasteiger partial charge in [-0.1, -0.05) is 0 Å². The third-order valence-electron chi connectivity index (χ3n) is 3.25. The number of carbonyl (C=O) groups is 1. The molecule has 2 heterocycles. The number of nitrogens with one attached hydrogen (secondary N) is 1. The van der Waals surface area contributed by atoms with Crippen molar-refractivity contribution in [2.24, 2.45) is 0 Å². The van der Waals surface area contributed by atoms with Crippen LogP contribution in [0, 0.1) is 0 Å². The Kier molecular flexibility index (Phi) is 3.59. The molecule has 2 rings (SSSR count). The van der Waals surface area contributed by atoms with E-state index < -0.39 is 0 Å². The number of hydrogen-bond acceptors (Lipinski definition) is 3. The molecule has 0 saturated carbocycles. The van der Waals surface area contributed by atoms with Gasteiger partial charge in [0.05, 0.1) is 12.5 Å². The Morgan fingerprint density at radius 1 is 1.60 bits per heavy atom. The Labute approximate surface area is 91.0 Å². The highest BCUT2D eigenvalue weighted by Gasteiger charge is 2.26. The van der Waals surface area contributed by atoms with E-state index in [9.17, 15) is 4.79 Å². The lowest BCUT2D eigenvalue weighted by Gasteiger charge is -2.34. The van der Waals surface area contributed by atoms with Crippen LogP contribution in [0.15, 0.2) is 0 Å². The van der Waals surface area contributed by atoms with E-state index in [1.807, 2.05) is 4.90 Å². The normalized spacial score (nSPS) is 31.9. The predicted octanol–water partition coefficient (Wildman–Crippen LogP) is 0.376. The monoisotopic (exact) mass is 212 g/mol. The number of rotatable bonds is 2. The zero-order valence-electron chi connectivity index (χ0n) is 9.37. The standard InChI is InChI=1S/C11H20N2O2/c1-9-8-12-4-5-13(9)11(14)7-10-3-2-6-15-10/h9-10,12H,2-8H2,1H3. The quantitative estimate of drug-likeness (QED) is 0.719. The van der Waals surface area contributed by atoms with Crippen LogP contribution in [-0.4, -0.2) is 49.2 Å². The second kappa shape index (κ2) is 4.94. The Morgan fingerprint density at radius 2 is 2.47 bits per heavy atom. The van der Waals surface area contributed by atoms with Crippen LogP contribution in [0.5, 0.6) is 0 Å². The summed E-state index contributed by atoms with van der Waals surface area (Å²) in [6.07, 6.45) is 2.91. The summed E-state index contributed by atoms with van der Waals surface area (Å²) < 4.78 is 5.49. The topological polar surface area (TPSA) is 41.6 Å². The number of carbonyl (C=O) groups excluding carboxylic acids is 1. The van der Waals surface area contributed by atoms with Gasteiger partial charge in [-0.25, -0.2) is 0 Å². The second-order valence-electron chi connectivity index (χ2n) is 4.48. The molecule has 2 unspecified atom stereocenters. The molecule has 0 bridgehead atoms. The zero-order valence-corrected chi connectivity index (χ0v) is 9.37. The summed E-state index contributed by atoms with van der Waals surface area (Å²) in [5, 5.41) is 3.29. The van der Waals surface area contributed by atoms with E-state index >= 15 is 0 Å². The highest BCUT2D eigenvalue weighted by molar-refractivity contribution is 5.77. The minimum absolute atomic E-state index is 0.180. The Bertz CT molecular complexity index is 227. The zero-order chi connectivity index (χ0) is 10.7. The lowest BCUT2D eigenvalue weighted by atomic mass is 10.1. The van der Waals surface area contributed by atoms with Gasteiger partial charge >= 0.3 is 0 Å². The Morgan fingerprint density at radius 3 is 3.13 bits per heavy atom. The molecule has 0 aromatic heterocycles. The van der Waals surface area contributed by atoms with Crippen LogP contribution in [0.2, 0.25) is 0 Å². The van der Waals surface area contributed by atoms with Gasteiger partial charge in [-0.3, -0.25) is 4.79 Å². The van der Waals surface area contributed by atoms with Crippen molar-refractivity contribution in [3.63, 3.8) is 0 Å². The second-order valence-corrected chi connectivity index (χ2v) is 4.48. The van der Waals surface area contributed by atoms with Crippen LogP contribution < -0.4 is 5.32 Å². The average molecular weight is 212 g/mol. The van der Waals surface area contributed by atoms with Gasteiger partial charge < -0.3 is 15.0 Å². The van der Waals surface area contributed by atoms with E-state index in [4.69, 9.17) is 4.74 Å². The van der Waals surface area contributed by atoms with Crippen LogP contribution in [0.3, 0.4) is 0 Å². The van der Waals surface area contributed by atoms with Crippen molar-refractivity contribution in [2.75, 3.05) is 26.2 Å². The molecule has 15 heavy (non-hydrogen) atoms. The Hall–Kier alpha value is -0.610. The summed E-state index contributed by atoms with van der Waals surface area (Å²) in [7, 11) is 0. The molecule has 0 spiro atoms. The highest BCUT2D eigenvalue weighted by atomic mass is 16.5. The van der Waals surface area contributed by atoms with Crippen molar-refractivity contribution in [2.45, 2.75) is 38.3 Å². The van der Waals surface area contributed by atoms with Crippen molar-refractivity contribution in [1.82, 2.24) is 10.2 Å². The average Bonchev–Trinajstić information content (AvgIpc) is 2.71. The summed E-state index contributed by atoms with van der Waals surface area (Å²) in [6.45, 7) is 5.60. The van der Waals surface area contributed by atoms with Crippen molar-refractivity contribution in [3.05, 3.63) is 0 Å². The van der Waals surface area contributed by atoms with Gasteiger partial charge in [0.2, 0.25) is 5.91 Å². The lowest BCUT2D eigenvalue weighted by molar-refractivity contribution is -0.136. The fraction of sp³-hybridized carbons (Fsp3) is 0.909. The maximum absolute atomic E-state index is 12.0. The van der Waals surface area contributed by atoms with Gasteiger partial charge in [-0.15, -0.1) is 0 Å². The molecular formula is C11H20N2O2. The summed E-state index contributed by atoms with van der Waals surface area (Å²) in [6, 6.07) is 0.327. The molecule has 0 aromatic carbocycles. The van der Waals surface area contributed by atoms with Crippen LogP contribution >= 0.6 is 0 Å². The number of hydrogen-bond donors (Lipinski definition) is 1. The first kappa shape index (κ1) is 10.9. The minimum atomic E-state index is 0.180. The molecule has 2 atom stereocenters. The molecule has 0 aromatic rings. The van der Waals surface area contributed by atoms with E-state index in [-0.39, 0.29) is 12.0 Å². The fourth-order valence-electron chi connectivity index (χ4n) is 2.33. The van der Waals surface area contributed by atoms with E-state index in [2.05, 4.69) is 12.2 Å². The molecule has 1 N–H and O–H groups in total. The van der Waals surface area contributed by atoms with Crippen molar-refractivity contribution < 1.29 is 9.53 Å². The SMILES string of the molecule is CC1CNCCN1C(=O)CC1CCCO1. The third kappa shape index (κ3) is 2.69. The first-order valence-electron chi connectivity index (χ1n) is 5.89. The van der Waals surface area contributed by atoms with Gasteiger partial charge in [0, 0.05) is 32.3 Å². The first-order chi connectivity index (χ1) is 7.27. The van der Waals surface area contributed by atoms with E-state index in [0.29, 0.717) is 12.5 Å². The number of ether oxygens (including phenoxy) is 1. The van der Waals surface area contributed by atoms with E-state index in [1.54, 1.807) is 0 Å². The van der Waals surface area contributed by atoms with Crippen LogP contribution in [0.25, 0.3) is 0 Å². The van der Waals surface area contributed by atoms with Crippen molar-refractivity contribution in [1.29, 1.82) is 0 Å². The van der Waals surface area contributed by atoms with Crippen LogP contribution in [0.1, 0.15) is 26.2 Å². The van der Waals surface area contributed by atoms with E-state index in [0.717, 1.165) is 39.1 Å². The van der Waals surface area contributed by atoms with Gasteiger partial charge in [0.25, 0.3) is 0 Å². The number of nitrogens with zero attached hydrogens (tertiary/aromatic N) is 1. The van der Waals surface area contributed by atoms with Gasteiger partial charge in [0.1, 0.15) is 0 Å². The van der Waals surface area contributed by atoms with Crippen LogP contribution in [0.4, 0.5) is 0 Å². The molecule has 1 amide bonds. The summed E-state index contributed by atoms with van der Waals surface area (Å²) >= 11 is 0. The van der Waals surface area contributed by atoms with Gasteiger partial charge in [0.15, 0.2) is 0 Å². The summed E-state index contributed by atoms with van der Waals surface area (Å²) in [5.41, 5.74) is 0. The van der Waals surface area contributed by atoms with Gasteiger partial charge in [-0.2, -0.15) is 0 Å². The molecule has 86 valence electrons. The molecule has 0 radical (unpaired) electrons. The molecule has 0 aliphatic carbocycles. The van der Waals surface area contributed by atoms with Crippen molar-refractivity contribution in [3.8, 4) is 0 Å². The molecule has 4 heteroatoms. The molecule has 2 aliphatic heterocycles. The minimum Gasteiger partial charge on any atom is -0.378 e. The third-order valence-corrected chi connectivity index (χ3v) is 3.25. The van der Waals surface area contributed by atoms with E-state index in [1.165, 1.54) is 0 Å². The first-order valence-corrected chi connectivity index (χ1v) is 5.89. The van der Waals surface area contributed by atoms with Crippen LogP contribution in [-0.2, 0) is 9.53 Å². The van der Waals surface area contributed by atoms with Crippen molar-refractivity contribution >= 4 is 5.91 Å². The number of amides is 1. The maximum Gasteiger partial charge on any atom is 0.225 e. The molecule has 4 nitrogen and oxygen atoms in total. The smallest absolute Gasteiger partial charge is 0.225 e. The molecule has 2 aliphatic rings. The largest absolute Gasteiger partial charge is 0.378 e. The fourth-order valence-corrected chi connectivity index (χ4v) is 2.33. The summed E-state index contributed by atoms with van der Waals surface area (Å²) in [4.78, 5) is 14.0. The summed E-state index contributed by atoms with van der Waals surface area (Å²) in [5.74, 6) is 0.260. The predicted molar refractivity (Wildman–Crippen MR) is 57.6 cm³/mol. The lowest BCUT2D eigenvalue weighted by Crippen LogP contribution is -2.52. The molecular weight excluding hydrogens is 192 g/mol. The van der Waals surface area contributed by atoms with Gasteiger partial charge in [-0.05, 0) is 19.8 Å². The number of piperazine rings is 1. The molecule has 2 fully saturated rings. The Balaban J connectivity index is 1.83. The molecule has 2 saturated heterocycles. The highest BCUT2D eigenvalue weighted by Crippen LogP contribution is 2.17.